The summed E-state index contributed by atoms with van der Waals surface area (Å²) >= 11 is 0. The third-order valence-electron chi connectivity index (χ3n) is 10.8. The Balaban J connectivity index is 1.73. The molecule has 0 saturated carbocycles. The largest absolute Gasteiger partial charge is 0.461 e. The summed E-state index contributed by atoms with van der Waals surface area (Å²) in [5.41, 5.74) is -0.346. The number of esters is 2. The fourth-order valence-electron chi connectivity index (χ4n) is 9.13. The van der Waals surface area contributed by atoms with Crippen molar-refractivity contribution in [3.05, 3.63) is 71.8 Å². The molecule has 6 heteroatoms. The summed E-state index contributed by atoms with van der Waals surface area (Å²) in [6.07, 6.45) is 4.77. The number of nitrogens with zero attached hydrogens (tertiary/aromatic N) is 2. The monoisotopic (exact) mass is 646 g/mol. The molecule has 2 aromatic carbocycles. The molecule has 47 heavy (non-hydrogen) atoms. The first kappa shape index (κ1) is 37.1. The van der Waals surface area contributed by atoms with E-state index in [-0.39, 0.29) is 47.2 Å². The zero-order valence-electron chi connectivity index (χ0n) is 31.0. The topological polar surface area (TPSA) is 59.1 Å². The molecule has 6 nitrogen and oxygen atoms in total. The SMILES string of the molecule is CCCN1C(C)(C)CC(OC(=O)C(Cc2ccccc2)(Cc2ccccc2)C(=O)OC2CC(C)(C)N(CCC)C(C)(C)C2)CC1(C)C. The van der Waals surface area contributed by atoms with Gasteiger partial charge in [0.05, 0.1) is 0 Å². The summed E-state index contributed by atoms with van der Waals surface area (Å²) in [4.78, 5) is 34.9. The highest BCUT2D eigenvalue weighted by atomic mass is 16.6. The highest BCUT2D eigenvalue weighted by Gasteiger charge is 2.54. The number of benzene rings is 2. The van der Waals surface area contributed by atoms with Gasteiger partial charge >= 0.3 is 11.9 Å². The molecule has 0 amide bonds. The van der Waals surface area contributed by atoms with E-state index in [1.54, 1.807) is 0 Å². The van der Waals surface area contributed by atoms with E-state index in [9.17, 15) is 9.59 Å². The van der Waals surface area contributed by atoms with E-state index in [0.29, 0.717) is 25.7 Å². The van der Waals surface area contributed by atoms with Gasteiger partial charge in [-0.05, 0) is 105 Å². The van der Waals surface area contributed by atoms with E-state index in [2.05, 4.69) is 79.0 Å². The Bertz CT molecular complexity index is 1190. The van der Waals surface area contributed by atoms with Crippen molar-refractivity contribution < 1.29 is 19.1 Å². The number of hydrogen-bond donors (Lipinski definition) is 0. The van der Waals surface area contributed by atoms with Crippen molar-refractivity contribution in [3.8, 4) is 0 Å². The van der Waals surface area contributed by atoms with Crippen LogP contribution in [0.4, 0.5) is 0 Å². The first-order valence-corrected chi connectivity index (χ1v) is 18.0. The molecule has 0 N–H and O–H groups in total. The quantitative estimate of drug-likeness (QED) is 0.171. The highest BCUT2D eigenvalue weighted by Crippen LogP contribution is 2.43. The summed E-state index contributed by atoms with van der Waals surface area (Å²) in [5.74, 6) is -0.949. The normalized spacial score (nSPS) is 21.7. The summed E-state index contributed by atoms with van der Waals surface area (Å²) in [7, 11) is 0. The van der Waals surface area contributed by atoms with Crippen LogP contribution in [0, 0.1) is 5.41 Å². The lowest BCUT2D eigenvalue weighted by Crippen LogP contribution is -2.63. The number of hydrogen-bond acceptors (Lipinski definition) is 6. The lowest BCUT2D eigenvalue weighted by molar-refractivity contribution is -0.188. The van der Waals surface area contributed by atoms with Gasteiger partial charge in [0.25, 0.3) is 0 Å². The van der Waals surface area contributed by atoms with Crippen LogP contribution in [0.5, 0.6) is 0 Å². The summed E-state index contributed by atoms with van der Waals surface area (Å²) in [5, 5.41) is 0. The van der Waals surface area contributed by atoms with Crippen molar-refractivity contribution in [2.75, 3.05) is 13.1 Å². The zero-order valence-corrected chi connectivity index (χ0v) is 31.0. The van der Waals surface area contributed by atoms with E-state index in [4.69, 9.17) is 9.47 Å². The molecule has 4 rings (SSSR count). The number of carbonyl (C=O) groups excluding carboxylic acids is 2. The van der Waals surface area contributed by atoms with E-state index in [0.717, 1.165) is 37.1 Å². The molecular weight excluding hydrogens is 584 g/mol. The maximum atomic E-state index is 14.9. The number of ether oxygens (including phenoxy) is 2. The van der Waals surface area contributed by atoms with Gasteiger partial charge in [-0.2, -0.15) is 0 Å². The fourth-order valence-corrected chi connectivity index (χ4v) is 9.13. The van der Waals surface area contributed by atoms with Crippen molar-refractivity contribution in [2.45, 2.75) is 155 Å². The Morgan fingerprint density at radius 3 is 1.17 bits per heavy atom. The minimum Gasteiger partial charge on any atom is -0.461 e. The molecule has 2 aromatic rings. The van der Waals surface area contributed by atoms with Crippen LogP contribution in [0.15, 0.2) is 60.7 Å². The van der Waals surface area contributed by atoms with Crippen molar-refractivity contribution in [2.24, 2.45) is 5.41 Å². The smallest absolute Gasteiger partial charge is 0.324 e. The van der Waals surface area contributed by atoms with Crippen molar-refractivity contribution in [1.82, 2.24) is 9.80 Å². The number of rotatable bonds is 12. The molecule has 0 spiro atoms. The van der Waals surface area contributed by atoms with E-state index in [1.165, 1.54) is 0 Å². The van der Waals surface area contributed by atoms with Gasteiger partial charge in [-0.3, -0.25) is 19.4 Å². The number of carbonyl (C=O) groups is 2. The summed E-state index contributed by atoms with van der Waals surface area (Å²) < 4.78 is 13.1. The van der Waals surface area contributed by atoms with Gasteiger partial charge in [-0.15, -0.1) is 0 Å². The lowest BCUT2D eigenvalue weighted by Gasteiger charge is -2.55. The van der Waals surface area contributed by atoms with Crippen LogP contribution in [0.2, 0.25) is 0 Å². The predicted octanol–water partition coefficient (Wildman–Crippen LogP) is 8.41. The van der Waals surface area contributed by atoms with Gasteiger partial charge < -0.3 is 9.47 Å². The van der Waals surface area contributed by atoms with Crippen LogP contribution in [0.3, 0.4) is 0 Å². The number of piperidine rings is 2. The van der Waals surface area contributed by atoms with Gasteiger partial charge in [0.2, 0.25) is 0 Å². The third-order valence-corrected chi connectivity index (χ3v) is 10.8. The van der Waals surface area contributed by atoms with E-state index in [1.807, 2.05) is 60.7 Å². The van der Waals surface area contributed by atoms with Crippen molar-refractivity contribution in [1.29, 1.82) is 0 Å². The van der Waals surface area contributed by atoms with Crippen molar-refractivity contribution in [3.63, 3.8) is 0 Å². The molecular formula is C41H62N2O4. The van der Waals surface area contributed by atoms with Crippen LogP contribution in [0.25, 0.3) is 0 Å². The van der Waals surface area contributed by atoms with Crippen LogP contribution in [0.1, 0.15) is 119 Å². The average molecular weight is 647 g/mol. The highest BCUT2D eigenvalue weighted by molar-refractivity contribution is 6.01. The molecule has 0 aromatic heterocycles. The molecule has 2 aliphatic rings. The van der Waals surface area contributed by atoms with Gasteiger partial charge in [-0.1, -0.05) is 74.5 Å². The molecule has 2 aliphatic heterocycles. The molecule has 260 valence electrons. The predicted molar refractivity (Wildman–Crippen MR) is 191 cm³/mol. The summed E-state index contributed by atoms with van der Waals surface area (Å²) in [6.45, 7) is 24.4. The van der Waals surface area contributed by atoms with Crippen LogP contribution >= 0.6 is 0 Å². The second kappa shape index (κ2) is 14.4. The molecule has 0 atom stereocenters. The molecule has 0 aliphatic carbocycles. The first-order chi connectivity index (χ1) is 22.0. The minimum absolute atomic E-state index is 0.158. The Hall–Kier alpha value is -2.70. The maximum Gasteiger partial charge on any atom is 0.324 e. The van der Waals surface area contributed by atoms with Gasteiger partial charge in [0.1, 0.15) is 12.2 Å². The molecule has 2 saturated heterocycles. The van der Waals surface area contributed by atoms with Crippen LogP contribution < -0.4 is 0 Å². The lowest BCUT2D eigenvalue weighted by atomic mass is 9.74. The molecule has 2 fully saturated rings. The second-order valence-electron chi connectivity index (χ2n) is 16.8. The van der Waals surface area contributed by atoms with Crippen LogP contribution in [-0.2, 0) is 31.9 Å². The molecule has 0 radical (unpaired) electrons. The zero-order chi connectivity index (χ0) is 34.7. The van der Waals surface area contributed by atoms with Gasteiger partial charge in [0.15, 0.2) is 5.41 Å². The molecule has 0 unspecified atom stereocenters. The Morgan fingerprint density at radius 1 is 0.596 bits per heavy atom. The average Bonchev–Trinajstić information content (AvgIpc) is 2.96. The van der Waals surface area contributed by atoms with E-state index >= 15 is 0 Å². The fraction of sp³-hybridized carbons (Fsp3) is 0.659. The van der Waals surface area contributed by atoms with Crippen LogP contribution in [-0.4, -0.2) is 69.2 Å². The second-order valence-corrected chi connectivity index (χ2v) is 16.8. The third kappa shape index (κ3) is 8.48. The standard InChI is InChI=1S/C41H62N2O4/c1-11-23-42-37(3,4)27-33(28-38(42,5)6)46-35(44)41(25-31-19-15-13-16-20-31,26-32-21-17-14-18-22-32)36(45)47-34-29-39(7,8)43(24-12-2)40(9,10)30-34/h13-22,33-34H,11-12,23-30H2,1-10H3. The maximum absolute atomic E-state index is 14.9. The Morgan fingerprint density at radius 2 is 0.894 bits per heavy atom. The Labute approximate surface area is 285 Å². The Kier molecular flexibility index (Phi) is 11.4. The molecule has 2 heterocycles. The summed E-state index contributed by atoms with van der Waals surface area (Å²) in [6, 6.07) is 19.7. The minimum atomic E-state index is -1.54. The first-order valence-electron chi connectivity index (χ1n) is 18.0. The molecule has 0 bridgehead atoms. The number of likely N-dealkylation sites (tertiary alicyclic amines) is 2. The van der Waals surface area contributed by atoms with Crippen molar-refractivity contribution >= 4 is 11.9 Å². The van der Waals surface area contributed by atoms with E-state index < -0.39 is 17.4 Å². The van der Waals surface area contributed by atoms with Gasteiger partial charge in [0, 0.05) is 47.8 Å². The van der Waals surface area contributed by atoms with Gasteiger partial charge in [-0.25, -0.2) is 0 Å².